The molecule has 1 aromatic heterocycles. The molecule has 0 aliphatic rings. The summed E-state index contributed by atoms with van der Waals surface area (Å²) < 4.78 is 44.6. The van der Waals surface area contributed by atoms with Gasteiger partial charge in [0.1, 0.15) is 5.75 Å². The van der Waals surface area contributed by atoms with E-state index in [9.17, 15) is 18.0 Å². The first-order valence-corrected chi connectivity index (χ1v) is 9.99. The highest BCUT2D eigenvalue weighted by molar-refractivity contribution is 8.01. The van der Waals surface area contributed by atoms with Crippen LogP contribution in [0.5, 0.6) is 5.75 Å². The minimum absolute atomic E-state index is 0.0972. The Kier molecular flexibility index (Phi) is 6.60. The molecule has 3 rings (SSSR count). The average Bonchev–Trinajstić information content (AvgIpc) is 3.13. The lowest BCUT2D eigenvalue weighted by Gasteiger charge is -2.13. The summed E-state index contributed by atoms with van der Waals surface area (Å²) in [5.41, 5.74) is -0.402. The highest BCUT2D eigenvalue weighted by Crippen LogP contribution is 2.35. The monoisotopic (exact) mass is 440 g/mol. The van der Waals surface area contributed by atoms with E-state index in [1.54, 1.807) is 13.2 Å². The summed E-state index contributed by atoms with van der Waals surface area (Å²) in [6.45, 7) is 0. The van der Waals surface area contributed by atoms with Crippen LogP contribution in [0.4, 0.5) is 29.7 Å². The molecule has 1 amide bonds. The van der Waals surface area contributed by atoms with Crippen molar-refractivity contribution in [2.45, 2.75) is 10.5 Å². The molecule has 0 saturated carbocycles. The van der Waals surface area contributed by atoms with Crippen LogP contribution >= 0.6 is 23.1 Å². The van der Waals surface area contributed by atoms with Crippen LogP contribution in [-0.4, -0.2) is 29.0 Å². The lowest BCUT2D eigenvalue weighted by Crippen LogP contribution is -2.18. The van der Waals surface area contributed by atoms with E-state index in [2.05, 4.69) is 20.8 Å². The molecule has 152 valence electrons. The van der Waals surface area contributed by atoms with E-state index in [1.807, 2.05) is 18.2 Å². The fourth-order valence-corrected chi connectivity index (χ4v) is 3.87. The molecule has 3 aromatic rings. The molecule has 0 spiro atoms. The Morgan fingerprint density at radius 2 is 1.97 bits per heavy atom. The molecule has 2 aromatic carbocycles. The second-order valence-corrected chi connectivity index (χ2v) is 7.81. The second-order valence-electron chi connectivity index (χ2n) is 5.61. The molecule has 2 N–H and O–H groups in total. The van der Waals surface area contributed by atoms with Gasteiger partial charge >= 0.3 is 6.18 Å². The van der Waals surface area contributed by atoms with Gasteiger partial charge < -0.3 is 15.4 Å². The number of para-hydroxylation sites is 1. The van der Waals surface area contributed by atoms with Gasteiger partial charge in [0.25, 0.3) is 0 Å². The second kappa shape index (κ2) is 9.14. The number of ether oxygens (including phenoxy) is 1. The fraction of sp³-hybridized carbons (Fsp3) is 0.167. The van der Waals surface area contributed by atoms with Gasteiger partial charge in [-0.2, -0.15) is 13.2 Å². The molecule has 0 bridgehead atoms. The van der Waals surface area contributed by atoms with E-state index < -0.39 is 17.6 Å². The standard InChI is InChI=1S/C18H15F3N4O2S2/c1-27-12-6-4-5-11(9-12)22-16-24-25-17(29-16)28-10-15(26)23-14-8-3-2-7-13(14)18(19,20)21/h2-9H,10H2,1H3,(H,22,24)(H,23,26). The predicted octanol–water partition coefficient (Wildman–Crippen LogP) is 5.04. The number of amides is 1. The third-order valence-corrected chi connectivity index (χ3v) is 5.53. The van der Waals surface area contributed by atoms with Gasteiger partial charge in [-0.15, -0.1) is 10.2 Å². The van der Waals surface area contributed by atoms with Gasteiger partial charge in [0.05, 0.1) is 24.1 Å². The molecule has 0 radical (unpaired) electrons. The van der Waals surface area contributed by atoms with E-state index in [-0.39, 0.29) is 11.4 Å². The zero-order chi connectivity index (χ0) is 20.9. The van der Waals surface area contributed by atoms with Gasteiger partial charge in [0.15, 0.2) is 4.34 Å². The van der Waals surface area contributed by atoms with E-state index >= 15 is 0 Å². The van der Waals surface area contributed by atoms with Gasteiger partial charge in [-0.25, -0.2) is 0 Å². The minimum Gasteiger partial charge on any atom is -0.497 e. The summed E-state index contributed by atoms with van der Waals surface area (Å²) in [5.74, 6) is 0.0223. The molecular formula is C18H15F3N4O2S2. The molecule has 0 saturated heterocycles. The SMILES string of the molecule is COc1cccc(Nc2nnc(SCC(=O)Nc3ccccc3C(F)(F)F)s2)c1. The molecular weight excluding hydrogens is 425 g/mol. The first-order chi connectivity index (χ1) is 13.8. The number of rotatable bonds is 7. The van der Waals surface area contributed by atoms with Crippen molar-refractivity contribution in [1.29, 1.82) is 0 Å². The lowest BCUT2D eigenvalue weighted by atomic mass is 10.1. The summed E-state index contributed by atoms with van der Waals surface area (Å²) in [6, 6.07) is 12.1. The fourth-order valence-electron chi connectivity index (χ4n) is 2.30. The van der Waals surface area contributed by atoms with Crippen LogP contribution in [0.2, 0.25) is 0 Å². The van der Waals surface area contributed by atoms with Crippen molar-refractivity contribution in [2.24, 2.45) is 0 Å². The van der Waals surface area contributed by atoms with Crippen molar-refractivity contribution in [3.8, 4) is 5.75 Å². The Bertz CT molecular complexity index is 995. The van der Waals surface area contributed by atoms with Crippen LogP contribution in [-0.2, 0) is 11.0 Å². The molecule has 0 fully saturated rings. The number of hydrogen-bond donors (Lipinski definition) is 2. The number of benzene rings is 2. The topological polar surface area (TPSA) is 76.1 Å². The zero-order valence-electron chi connectivity index (χ0n) is 15.0. The number of anilines is 3. The van der Waals surface area contributed by atoms with Crippen molar-refractivity contribution >= 4 is 45.5 Å². The lowest BCUT2D eigenvalue weighted by molar-refractivity contribution is -0.137. The summed E-state index contributed by atoms with van der Waals surface area (Å²) in [7, 11) is 1.57. The highest BCUT2D eigenvalue weighted by Gasteiger charge is 2.33. The summed E-state index contributed by atoms with van der Waals surface area (Å²) in [5, 5.41) is 13.8. The maximum atomic E-state index is 13.0. The van der Waals surface area contributed by atoms with E-state index in [0.29, 0.717) is 15.2 Å². The summed E-state index contributed by atoms with van der Waals surface area (Å²) in [6.07, 6.45) is -4.54. The van der Waals surface area contributed by atoms with Gasteiger partial charge in [-0.1, -0.05) is 41.3 Å². The number of carbonyl (C=O) groups is 1. The van der Waals surface area contributed by atoms with Crippen molar-refractivity contribution in [3.05, 3.63) is 54.1 Å². The predicted molar refractivity (Wildman–Crippen MR) is 107 cm³/mol. The van der Waals surface area contributed by atoms with Crippen LogP contribution in [0, 0.1) is 0 Å². The number of carbonyl (C=O) groups excluding carboxylic acids is 1. The number of hydrogen-bond acceptors (Lipinski definition) is 7. The Balaban J connectivity index is 1.56. The zero-order valence-corrected chi connectivity index (χ0v) is 16.6. The number of thioether (sulfide) groups is 1. The Morgan fingerprint density at radius 3 is 2.72 bits per heavy atom. The number of aromatic nitrogens is 2. The summed E-state index contributed by atoms with van der Waals surface area (Å²) in [4.78, 5) is 12.1. The third kappa shape index (κ3) is 5.84. The number of methoxy groups -OCH3 is 1. The van der Waals surface area contributed by atoms with Gasteiger partial charge in [0.2, 0.25) is 11.0 Å². The van der Waals surface area contributed by atoms with E-state index in [1.165, 1.54) is 29.5 Å². The van der Waals surface area contributed by atoms with Crippen LogP contribution in [0.3, 0.4) is 0 Å². The van der Waals surface area contributed by atoms with Crippen LogP contribution in [0.25, 0.3) is 0 Å². The largest absolute Gasteiger partial charge is 0.497 e. The Labute approximate surface area is 172 Å². The van der Waals surface area contributed by atoms with Gasteiger partial charge in [-0.3, -0.25) is 4.79 Å². The average molecular weight is 440 g/mol. The van der Waals surface area contributed by atoms with Crippen LogP contribution in [0.1, 0.15) is 5.56 Å². The maximum absolute atomic E-state index is 13.0. The molecule has 1 heterocycles. The Morgan fingerprint density at radius 1 is 1.17 bits per heavy atom. The van der Waals surface area contributed by atoms with Crippen LogP contribution in [0.15, 0.2) is 52.9 Å². The van der Waals surface area contributed by atoms with Crippen molar-refractivity contribution in [3.63, 3.8) is 0 Å². The maximum Gasteiger partial charge on any atom is 0.418 e. The number of nitrogens with one attached hydrogen (secondary N) is 2. The Hall–Kier alpha value is -2.79. The molecule has 0 aliphatic carbocycles. The van der Waals surface area contributed by atoms with Crippen molar-refractivity contribution in [1.82, 2.24) is 10.2 Å². The van der Waals surface area contributed by atoms with E-state index in [4.69, 9.17) is 4.74 Å². The van der Waals surface area contributed by atoms with Crippen molar-refractivity contribution < 1.29 is 22.7 Å². The quantitative estimate of drug-likeness (QED) is 0.502. The van der Waals surface area contributed by atoms with Crippen LogP contribution < -0.4 is 15.4 Å². The summed E-state index contributed by atoms with van der Waals surface area (Å²) >= 11 is 2.31. The highest BCUT2D eigenvalue weighted by atomic mass is 32.2. The number of alkyl halides is 3. The molecule has 0 atom stereocenters. The number of nitrogens with zero attached hydrogens (tertiary/aromatic N) is 2. The smallest absolute Gasteiger partial charge is 0.418 e. The number of halogens is 3. The van der Waals surface area contributed by atoms with Crippen molar-refractivity contribution in [2.75, 3.05) is 23.5 Å². The normalized spacial score (nSPS) is 11.2. The first kappa shape index (κ1) is 20.9. The molecule has 11 heteroatoms. The van der Waals surface area contributed by atoms with Gasteiger partial charge in [-0.05, 0) is 24.3 Å². The molecule has 29 heavy (non-hydrogen) atoms. The molecule has 6 nitrogen and oxygen atoms in total. The van der Waals surface area contributed by atoms with E-state index in [0.717, 1.165) is 23.5 Å². The molecule has 0 aliphatic heterocycles. The van der Waals surface area contributed by atoms with Gasteiger partial charge in [0, 0.05) is 11.8 Å². The first-order valence-electron chi connectivity index (χ1n) is 8.18. The molecule has 0 unspecified atom stereocenters. The third-order valence-electron chi connectivity index (χ3n) is 3.56. The minimum atomic E-state index is -4.54.